The van der Waals surface area contributed by atoms with E-state index in [2.05, 4.69) is 5.32 Å². The first kappa shape index (κ1) is 21.7. The number of nitrogens with one attached hydrogen (secondary N) is 1. The lowest BCUT2D eigenvalue weighted by atomic mass is 10.1. The molecule has 0 bridgehead atoms. The normalized spacial score (nSPS) is 10.9. The molecule has 5 nitrogen and oxygen atoms in total. The maximum absolute atomic E-state index is 13.2. The predicted octanol–water partition coefficient (Wildman–Crippen LogP) is 6.06. The number of carbonyl (C=O) groups is 1. The summed E-state index contributed by atoms with van der Waals surface area (Å²) in [6, 6.07) is 17.8. The van der Waals surface area contributed by atoms with Crippen molar-refractivity contribution < 1.29 is 13.9 Å². The monoisotopic (exact) mass is 447 g/mol. The quantitative estimate of drug-likeness (QED) is 0.404. The summed E-state index contributed by atoms with van der Waals surface area (Å²) < 4.78 is 11.7. The van der Waals surface area contributed by atoms with Gasteiger partial charge in [-0.15, -0.1) is 0 Å². The Labute approximate surface area is 190 Å². The van der Waals surface area contributed by atoms with E-state index in [4.69, 9.17) is 20.8 Å². The molecular weight excluding hydrogens is 426 g/mol. The number of benzene rings is 3. The minimum atomic E-state index is -0.366. The number of fused-ring (bicyclic) bond motifs is 1. The van der Waals surface area contributed by atoms with Gasteiger partial charge in [0.25, 0.3) is 5.91 Å². The van der Waals surface area contributed by atoms with Crippen molar-refractivity contribution >= 4 is 34.2 Å². The molecule has 4 rings (SSSR count). The summed E-state index contributed by atoms with van der Waals surface area (Å²) in [6.07, 6.45) is 0. The third-order valence-electron chi connectivity index (χ3n) is 5.15. The minimum Gasteiger partial charge on any atom is -0.476 e. The largest absolute Gasteiger partial charge is 0.476 e. The van der Waals surface area contributed by atoms with Crippen molar-refractivity contribution in [2.75, 3.05) is 11.9 Å². The first-order chi connectivity index (χ1) is 15.3. The maximum atomic E-state index is 13.2. The summed E-state index contributed by atoms with van der Waals surface area (Å²) in [5.41, 5.74) is 4.50. The number of halogens is 1. The summed E-state index contributed by atoms with van der Waals surface area (Å²) in [4.78, 5) is 25.8. The lowest BCUT2D eigenvalue weighted by molar-refractivity contribution is -0.118. The molecule has 3 aromatic carbocycles. The molecule has 6 heteroatoms. The Balaban J connectivity index is 1.67. The number of hydrogen-bond donors (Lipinski definition) is 1. The third kappa shape index (κ3) is 4.39. The summed E-state index contributed by atoms with van der Waals surface area (Å²) >= 11 is 6.00. The second kappa shape index (κ2) is 8.89. The van der Waals surface area contributed by atoms with Crippen LogP contribution >= 0.6 is 11.6 Å². The number of hydrogen-bond acceptors (Lipinski definition) is 4. The van der Waals surface area contributed by atoms with Gasteiger partial charge in [-0.25, -0.2) is 0 Å². The highest BCUT2D eigenvalue weighted by Crippen LogP contribution is 2.31. The molecule has 162 valence electrons. The van der Waals surface area contributed by atoms with Gasteiger partial charge in [0.2, 0.25) is 11.2 Å². The molecular formula is C26H22ClNO4. The van der Waals surface area contributed by atoms with E-state index in [1.165, 1.54) is 0 Å². The molecule has 1 heterocycles. The SMILES string of the molecule is Cc1cc(C)c(NC(=O)COc2c(-c3ccc(Cl)cc3)oc3ccccc3c2=O)c(C)c1. The summed E-state index contributed by atoms with van der Waals surface area (Å²) in [5, 5.41) is 3.82. The Kier molecular flexibility index (Phi) is 6.01. The molecule has 1 amide bonds. The molecule has 4 aromatic rings. The Morgan fingerprint density at radius 2 is 1.66 bits per heavy atom. The van der Waals surface area contributed by atoms with E-state index < -0.39 is 0 Å². The fraction of sp³-hybridized carbons (Fsp3) is 0.154. The summed E-state index contributed by atoms with van der Waals surface area (Å²) in [7, 11) is 0. The molecule has 0 unspecified atom stereocenters. The van der Waals surface area contributed by atoms with Gasteiger partial charge in [0.1, 0.15) is 5.58 Å². The molecule has 0 spiro atoms. The number of ether oxygens (including phenoxy) is 1. The van der Waals surface area contributed by atoms with Crippen molar-refractivity contribution in [1.29, 1.82) is 0 Å². The first-order valence-electron chi connectivity index (χ1n) is 10.2. The van der Waals surface area contributed by atoms with Crippen molar-refractivity contribution in [2.24, 2.45) is 0 Å². The summed E-state index contributed by atoms with van der Waals surface area (Å²) in [6.45, 7) is 5.54. The minimum absolute atomic E-state index is 0.0153. The zero-order chi connectivity index (χ0) is 22.8. The molecule has 0 atom stereocenters. The van der Waals surface area contributed by atoms with Crippen LogP contribution in [0.5, 0.6) is 5.75 Å². The molecule has 0 radical (unpaired) electrons. The fourth-order valence-electron chi connectivity index (χ4n) is 3.74. The van der Waals surface area contributed by atoms with E-state index >= 15 is 0 Å². The number of para-hydroxylation sites is 1. The van der Waals surface area contributed by atoms with E-state index in [0.717, 1.165) is 22.4 Å². The molecule has 0 aliphatic heterocycles. The molecule has 0 saturated heterocycles. The van der Waals surface area contributed by atoms with Crippen molar-refractivity contribution in [2.45, 2.75) is 20.8 Å². The van der Waals surface area contributed by atoms with Crippen LogP contribution in [0.1, 0.15) is 16.7 Å². The van der Waals surface area contributed by atoms with Crippen LogP contribution in [0, 0.1) is 20.8 Å². The lowest BCUT2D eigenvalue weighted by Gasteiger charge is -2.14. The molecule has 0 saturated carbocycles. The highest BCUT2D eigenvalue weighted by Gasteiger charge is 2.19. The topological polar surface area (TPSA) is 68.5 Å². The van der Waals surface area contributed by atoms with Gasteiger partial charge >= 0.3 is 0 Å². The van der Waals surface area contributed by atoms with E-state index in [1.54, 1.807) is 48.5 Å². The van der Waals surface area contributed by atoms with Crippen LogP contribution in [0.25, 0.3) is 22.3 Å². The van der Waals surface area contributed by atoms with Crippen LogP contribution in [0.15, 0.2) is 69.9 Å². The molecule has 32 heavy (non-hydrogen) atoms. The fourth-order valence-corrected chi connectivity index (χ4v) is 3.86. The molecule has 0 aliphatic rings. The van der Waals surface area contributed by atoms with Gasteiger partial charge in [0.15, 0.2) is 12.4 Å². The Hall–Kier alpha value is -3.57. The maximum Gasteiger partial charge on any atom is 0.262 e. The zero-order valence-electron chi connectivity index (χ0n) is 18.0. The molecule has 1 aromatic heterocycles. The standard InChI is InChI=1S/C26H22ClNO4/c1-15-12-16(2)23(17(3)13-15)28-22(29)14-31-26-24(30)20-6-4-5-7-21(20)32-25(26)18-8-10-19(27)11-9-18/h4-13H,14H2,1-3H3,(H,28,29). The van der Waals surface area contributed by atoms with Gasteiger partial charge in [0, 0.05) is 16.3 Å². The van der Waals surface area contributed by atoms with Crippen LogP contribution in [0.3, 0.4) is 0 Å². The van der Waals surface area contributed by atoms with E-state index in [1.807, 2.05) is 32.9 Å². The highest BCUT2D eigenvalue weighted by molar-refractivity contribution is 6.30. The van der Waals surface area contributed by atoms with Crippen LogP contribution in [0.2, 0.25) is 5.02 Å². The molecule has 0 aliphatic carbocycles. The van der Waals surface area contributed by atoms with E-state index in [9.17, 15) is 9.59 Å². The van der Waals surface area contributed by atoms with Crippen LogP contribution in [-0.2, 0) is 4.79 Å². The average molecular weight is 448 g/mol. The second-order valence-electron chi connectivity index (χ2n) is 7.70. The Morgan fingerprint density at radius 3 is 2.34 bits per heavy atom. The number of anilines is 1. The van der Waals surface area contributed by atoms with E-state index in [0.29, 0.717) is 21.6 Å². The third-order valence-corrected chi connectivity index (χ3v) is 5.40. The summed E-state index contributed by atoms with van der Waals surface area (Å²) in [5.74, 6) is -0.131. The van der Waals surface area contributed by atoms with Crippen molar-refractivity contribution in [3.8, 4) is 17.1 Å². The van der Waals surface area contributed by atoms with Crippen molar-refractivity contribution in [3.05, 3.63) is 92.6 Å². The van der Waals surface area contributed by atoms with Crippen LogP contribution in [0.4, 0.5) is 5.69 Å². The number of rotatable bonds is 5. The van der Waals surface area contributed by atoms with Crippen molar-refractivity contribution in [3.63, 3.8) is 0 Å². The zero-order valence-corrected chi connectivity index (χ0v) is 18.7. The lowest BCUT2D eigenvalue weighted by Crippen LogP contribution is -2.23. The van der Waals surface area contributed by atoms with Crippen molar-refractivity contribution in [1.82, 2.24) is 0 Å². The Bertz CT molecular complexity index is 1350. The van der Waals surface area contributed by atoms with Gasteiger partial charge in [0.05, 0.1) is 5.39 Å². The number of aryl methyl sites for hydroxylation is 3. The van der Waals surface area contributed by atoms with Crippen LogP contribution < -0.4 is 15.5 Å². The second-order valence-corrected chi connectivity index (χ2v) is 8.14. The van der Waals surface area contributed by atoms with Gasteiger partial charge in [-0.1, -0.05) is 41.4 Å². The highest BCUT2D eigenvalue weighted by atomic mass is 35.5. The van der Waals surface area contributed by atoms with Gasteiger partial charge in [-0.05, 0) is 68.3 Å². The first-order valence-corrected chi connectivity index (χ1v) is 10.5. The smallest absolute Gasteiger partial charge is 0.262 e. The average Bonchev–Trinajstić information content (AvgIpc) is 2.76. The molecule has 0 fully saturated rings. The van der Waals surface area contributed by atoms with E-state index in [-0.39, 0.29) is 29.5 Å². The van der Waals surface area contributed by atoms with Gasteiger partial charge in [-0.3, -0.25) is 9.59 Å². The number of carbonyl (C=O) groups excluding carboxylic acids is 1. The predicted molar refractivity (Wildman–Crippen MR) is 128 cm³/mol. The van der Waals surface area contributed by atoms with Gasteiger partial charge in [-0.2, -0.15) is 0 Å². The molecule has 1 N–H and O–H groups in total. The van der Waals surface area contributed by atoms with Crippen LogP contribution in [-0.4, -0.2) is 12.5 Å². The van der Waals surface area contributed by atoms with Gasteiger partial charge < -0.3 is 14.5 Å². The Morgan fingerprint density at radius 1 is 1.00 bits per heavy atom. The number of amides is 1.